The lowest BCUT2D eigenvalue weighted by molar-refractivity contribution is -0.660. The monoisotopic (exact) mass is 477 g/mol. The van der Waals surface area contributed by atoms with Crippen molar-refractivity contribution < 1.29 is 19.2 Å². The Labute approximate surface area is 217 Å². The van der Waals surface area contributed by atoms with E-state index in [2.05, 4.69) is 12.1 Å². The van der Waals surface area contributed by atoms with Crippen LogP contribution in [-0.4, -0.2) is 7.11 Å². The number of hydrogen-bond acceptors (Lipinski definition) is 3. The van der Waals surface area contributed by atoms with Crippen molar-refractivity contribution in [3.8, 4) is 34.2 Å². The van der Waals surface area contributed by atoms with Crippen LogP contribution < -0.4 is 9.30 Å². The zero-order chi connectivity index (χ0) is 28.8. The molecule has 0 aliphatic heterocycles. The molecular formula is C32H29N2O2+. The van der Waals surface area contributed by atoms with Gasteiger partial charge in [0.05, 0.1) is 12.7 Å². The third kappa shape index (κ3) is 3.31. The first kappa shape index (κ1) is 18.2. The molecule has 4 nitrogen and oxygen atoms in total. The number of nitrogens with zero attached hydrogens (tertiary/aromatic N) is 2. The first-order valence-corrected chi connectivity index (χ1v) is 11.9. The van der Waals surface area contributed by atoms with Gasteiger partial charge in [-0.1, -0.05) is 44.2 Å². The van der Waals surface area contributed by atoms with Crippen LogP contribution in [0.3, 0.4) is 0 Å². The molecular weight excluding hydrogens is 444 g/mol. The highest BCUT2D eigenvalue weighted by molar-refractivity contribution is 6.14. The summed E-state index contributed by atoms with van der Waals surface area (Å²) in [7, 11) is 3.50. The van der Waals surface area contributed by atoms with Gasteiger partial charge >= 0.3 is 0 Å². The van der Waals surface area contributed by atoms with E-state index in [0.29, 0.717) is 33.6 Å². The van der Waals surface area contributed by atoms with E-state index in [1.165, 1.54) is 7.11 Å². The molecule has 2 heterocycles. The van der Waals surface area contributed by atoms with Crippen LogP contribution in [0.15, 0.2) is 65.2 Å². The van der Waals surface area contributed by atoms with Crippen molar-refractivity contribution >= 4 is 21.9 Å². The lowest BCUT2D eigenvalue weighted by Crippen LogP contribution is -2.30. The molecule has 0 N–H and O–H groups in total. The molecule has 0 unspecified atom stereocenters. The summed E-state index contributed by atoms with van der Waals surface area (Å²) in [6.07, 6.45) is -1.83. The highest BCUT2D eigenvalue weighted by Gasteiger charge is 2.30. The minimum atomic E-state index is -1.94. The topological polar surface area (TPSA) is 50.0 Å². The predicted octanol–water partition coefficient (Wildman–Crippen LogP) is 7.06. The minimum Gasteiger partial charge on any atom is -0.495 e. The van der Waals surface area contributed by atoms with E-state index in [4.69, 9.17) is 14.6 Å². The number of fused-ring (bicyclic) bond motifs is 4. The number of benzene rings is 3. The molecule has 0 saturated heterocycles. The number of furan rings is 1. The average Bonchev–Trinajstić information content (AvgIpc) is 3.33. The molecule has 0 spiro atoms. The number of pyridine rings is 1. The van der Waals surface area contributed by atoms with Crippen LogP contribution >= 0.6 is 0 Å². The third-order valence-electron chi connectivity index (χ3n) is 6.95. The first-order valence-electron chi connectivity index (χ1n) is 13.9. The van der Waals surface area contributed by atoms with Crippen LogP contribution in [-0.2, 0) is 19.8 Å². The fraction of sp³-hybridized carbons (Fsp3) is 0.250. The quantitative estimate of drug-likeness (QED) is 0.261. The Balaban J connectivity index is 1.73. The summed E-state index contributed by atoms with van der Waals surface area (Å²) in [6.45, 7) is 5.27. The second-order valence-electron chi connectivity index (χ2n) is 9.89. The summed E-state index contributed by atoms with van der Waals surface area (Å²) in [5.41, 5.74) is 4.80. The first-order chi connectivity index (χ1) is 18.9. The van der Waals surface area contributed by atoms with Gasteiger partial charge in [-0.3, -0.25) is 0 Å². The number of rotatable bonds is 3. The Morgan fingerprint density at radius 2 is 1.78 bits per heavy atom. The molecule has 0 saturated carbocycles. The zero-order valence-corrected chi connectivity index (χ0v) is 21.0. The van der Waals surface area contributed by atoms with E-state index < -0.39 is 18.2 Å². The maximum atomic E-state index is 10.3. The molecule has 5 aromatic rings. The van der Waals surface area contributed by atoms with Crippen molar-refractivity contribution in [2.24, 2.45) is 12.5 Å². The lowest BCUT2D eigenvalue weighted by atomic mass is 9.90. The van der Waals surface area contributed by atoms with Gasteiger partial charge in [-0.25, -0.2) is 4.57 Å². The van der Waals surface area contributed by atoms with E-state index in [1.54, 1.807) is 32.0 Å². The molecule has 1 aliphatic rings. The molecule has 1 aliphatic carbocycles. The standard InChI is InChI=1S/C32H29N2O2/c1-19-9-12-23-24-15-27(35-5)25(18-33)29(20-10-11-21-16-32(2,3)17-22(21)14-20)31(24)36-30(23)28(19)26-8-6-7-13-34(26)4/h6-15H,16-17H2,1-5H3/q+1/i16D2,17D2. The summed E-state index contributed by atoms with van der Waals surface area (Å²) >= 11 is 0. The average molecular weight is 478 g/mol. The summed E-state index contributed by atoms with van der Waals surface area (Å²) < 4.78 is 49.6. The van der Waals surface area contributed by atoms with Crippen molar-refractivity contribution in [1.29, 1.82) is 5.26 Å². The van der Waals surface area contributed by atoms with Gasteiger partial charge in [-0.2, -0.15) is 5.26 Å². The number of nitriles is 1. The Morgan fingerprint density at radius 1 is 1.00 bits per heavy atom. The van der Waals surface area contributed by atoms with Crippen molar-refractivity contribution in [2.45, 2.75) is 33.5 Å². The number of aryl methyl sites for hydroxylation is 2. The summed E-state index contributed by atoms with van der Waals surface area (Å²) in [5.74, 6) is 0.388. The van der Waals surface area contributed by atoms with Gasteiger partial charge < -0.3 is 9.15 Å². The van der Waals surface area contributed by atoms with Gasteiger partial charge in [0.25, 0.3) is 0 Å². The minimum absolute atomic E-state index is 0.276. The second kappa shape index (κ2) is 7.96. The van der Waals surface area contributed by atoms with Gasteiger partial charge in [0.2, 0.25) is 5.69 Å². The largest absolute Gasteiger partial charge is 0.495 e. The molecule has 36 heavy (non-hydrogen) atoms. The maximum Gasteiger partial charge on any atom is 0.216 e. The van der Waals surface area contributed by atoms with Crippen LogP contribution in [0.5, 0.6) is 5.75 Å². The summed E-state index contributed by atoms with van der Waals surface area (Å²) in [5, 5.41) is 11.9. The number of aromatic nitrogens is 1. The maximum absolute atomic E-state index is 10.3. The molecule has 0 bridgehead atoms. The van der Waals surface area contributed by atoms with Gasteiger partial charge in [-0.15, -0.1) is 0 Å². The van der Waals surface area contributed by atoms with Crippen LogP contribution in [0.25, 0.3) is 44.3 Å². The van der Waals surface area contributed by atoms with Crippen LogP contribution in [0, 0.1) is 23.7 Å². The molecule has 0 fully saturated rings. The predicted molar refractivity (Wildman–Crippen MR) is 143 cm³/mol. The molecule has 0 atom stereocenters. The van der Waals surface area contributed by atoms with Gasteiger partial charge in [0.1, 0.15) is 35.6 Å². The van der Waals surface area contributed by atoms with E-state index in [-0.39, 0.29) is 11.1 Å². The SMILES string of the molecule is [2H]C1([2H])c2ccc(-c3c(C#N)c(OC)cc4c3oc3c(-c5cccc[n+]5C)c(C)ccc34)cc2C([2H])([2H])C1(C)C. The third-order valence-corrected chi connectivity index (χ3v) is 6.95. The molecule has 178 valence electrons. The Morgan fingerprint density at radius 3 is 2.53 bits per heavy atom. The van der Waals surface area contributed by atoms with Crippen LogP contribution in [0.4, 0.5) is 0 Å². The molecule has 0 amide bonds. The van der Waals surface area contributed by atoms with Gasteiger partial charge in [0, 0.05) is 34.0 Å². The Kier molecular flexibility index (Phi) is 4.03. The number of hydrogen-bond donors (Lipinski definition) is 0. The van der Waals surface area contributed by atoms with E-state index in [1.807, 2.05) is 55.1 Å². The van der Waals surface area contributed by atoms with Crippen LogP contribution in [0.2, 0.25) is 0 Å². The van der Waals surface area contributed by atoms with E-state index in [0.717, 1.165) is 27.6 Å². The molecule has 6 rings (SSSR count). The fourth-order valence-corrected chi connectivity index (χ4v) is 5.31. The Hall–Kier alpha value is -4.10. The fourth-order valence-electron chi connectivity index (χ4n) is 5.31. The highest BCUT2D eigenvalue weighted by atomic mass is 16.5. The molecule has 3 aromatic carbocycles. The lowest BCUT2D eigenvalue weighted by Gasteiger charge is -2.14. The number of methoxy groups -OCH3 is 1. The zero-order valence-electron chi connectivity index (χ0n) is 25.0. The molecule has 2 aromatic heterocycles. The van der Waals surface area contributed by atoms with Crippen molar-refractivity contribution in [3.63, 3.8) is 0 Å². The van der Waals surface area contributed by atoms with E-state index in [9.17, 15) is 5.26 Å². The highest BCUT2D eigenvalue weighted by Crippen LogP contribution is 2.46. The van der Waals surface area contributed by atoms with Crippen molar-refractivity contribution in [3.05, 3.63) is 83.0 Å². The Bertz CT molecular complexity index is 1910. The van der Waals surface area contributed by atoms with Gasteiger partial charge in [0.15, 0.2) is 6.20 Å². The normalized spacial score (nSPS) is 18.7. The number of ether oxygens (including phenoxy) is 1. The molecule has 0 radical (unpaired) electrons. The van der Waals surface area contributed by atoms with E-state index >= 15 is 0 Å². The second-order valence-corrected chi connectivity index (χ2v) is 9.89. The van der Waals surface area contributed by atoms with Crippen molar-refractivity contribution in [2.75, 3.05) is 7.11 Å². The molecule has 4 heteroatoms. The summed E-state index contributed by atoms with van der Waals surface area (Å²) in [4.78, 5) is 0. The van der Waals surface area contributed by atoms with Crippen molar-refractivity contribution in [1.82, 2.24) is 0 Å². The van der Waals surface area contributed by atoms with Crippen LogP contribution in [0.1, 0.15) is 41.6 Å². The van der Waals surface area contributed by atoms with Gasteiger partial charge in [-0.05, 0) is 59.5 Å². The summed E-state index contributed by atoms with van der Waals surface area (Å²) in [6, 6.07) is 19.2. The smallest absolute Gasteiger partial charge is 0.216 e.